The largest absolute Gasteiger partial charge is 0.383 e. The normalized spacial score (nSPS) is 14.0. The first-order valence-electron chi connectivity index (χ1n) is 9.80. The third kappa shape index (κ3) is 5.12. The number of hydrogen-bond acceptors (Lipinski definition) is 5. The molecule has 1 aliphatic heterocycles. The minimum absolute atomic E-state index is 0.159. The molecule has 0 spiro atoms. The summed E-state index contributed by atoms with van der Waals surface area (Å²) in [5, 5.41) is 0.515. The van der Waals surface area contributed by atoms with E-state index >= 15 is 0 Å². The highest BCUT2D eigenvalue weighted by Crippen LogP contribution is 2.33. The highest BCUT2D eigenvalue weighted by Gasteiger charge is 2.41. The summed E-state index contributed by atoms with van der Waals surface area (Å²) in [6, 6.07) is 12.8. The quantitative estimate of drug-likeness (QED) is 0.524. The number of rotatable bonds is 10. The maximum Gasteiger partial charge on any atom is 0.278 e. The Balaban J connectivity index is 2.05. The molecule has 0 saturated carbocycles. The molecule has 0 unspecified atom stereocenters. The number of nitrogens with zero attached hydrogens (tertiary/aromatic N) is 2. The molecule has 8 heteroatoms. The van der Waals surface area contributed by atoms with Crippen molar-refractivity contribution in [1.29, 1.82) is 0 Å². The second-order valence-corrected chi connectivity index (χ2v) is 7.43. The van der Waals surface area contributed by atoms with Crippen LogP contribution >= 0.6 is 11.6 Å². The summed E-state index contributed by atoms with van der Waals surface area (Å²) in [7, 11) is 3.13. The van der Waals surface area contributed by atoms with E-state index in [1.54, 1.807) is 61.6 Å². The monoisotopic (exact) mass is 446 g/mol. The van der Waals surface area contributed by atoms with Crippen molar-refractivity contribution in [3.63, 3.8) is 0 Å². The van der Waals surface area contributed by atoms with Crippen LogP contribution in [0, 0.1) is 5.82 Å². The van der Waals surface area contributed by atoms with Crippen LogP contribution < -0.4 is 0 Å². The summed E-state index contributed by atoms with van der Waals surface area (Å²) in [6.07, 6.45) is 0. The van der Waals surface area contributed by atoms with E-state index < -0.39 is 17.6 Å². The Morgan fingerprint density at radius 3 is 2.13 bits per heavy atom. The zero-order valence-electron chi connectivity index (χ0n) is 17.4. The van der Waals surface area contributed by atoms with Crippen LogP contribution in [0.5, 0.6) is 0 Å². The van der Waals surface area contributed by atoms with Gasteiger partial charge in [0.05, 0.1) is 25.3 Å². The zero-order chi connectivity index (χ0) is 22.4. The van der Waals surface area contributed by atoms with Crippen molar-refractivity contribution >= 4 is 29.0 Å². The number of ether oxygens (including phenoxy) is 2. The van der Waals surface area contributed by atoms with Crippen molar-refractivity contribution in [1.82, 2.24) is 9.80 Å². The molecular weight excluding hydrogens is 423 g/mol. The van der Waals surface area contributed by atoms with Gasteiger partial charge in [-0.3, -0.25) is 14.5 Å². The second-order valence-electron chi connectivity index (χ2n) is 6.99. The molecule has 0 aliphatic carbocycles. The Morgan fingerprint density at radius 2 is 1.55 bits per heavy atom. The summed E-state index contributed by atoms with van der Waals surface area (Å²) in [6.45, 7) is 1.33. The predicted octanol–water partition coefficient (Wildman–Crippen LogP) is 3.35. The fraction of sp³-hybridized carbons (Fsp3) is 0.304. The average Bonchev–Trinajstić information content (AvgIpc) is 3.01. The van der Waals surface area contributed by atoms with E-state index in [0.717, 1.165) is 4.90 Å². The van der Waals surface area contributed by atoms with E-state index in [9.17, 15) is 14.0 Å². The Hall–Kier alpha value is -2.74. The summed E-state index contributed by atoms with van der Waals surface area (Å²) < 4.78 is 24.6. The van der Waals surface area contributed by atoms with Gasteiger partial charge in [-0.1, -0.05) is 41.9 Å². The van der Waals surface area contributed by atoms with E-state index in [4.69, 9.17) is 21.1 Å². The Labute approximate surface area is 185 Å². The molecule has 2 amide bonds. The highest BCUT2D eigenvalue weighted by atomic mass is 35.5. The lowest BCUT2D eigenvalue weighted by Gasteiger charge is -2.25. The first-order valence-corrected chi connectivity index (χ1v) is 10.2. The van der Waals surface area contributed by atoms with Gasteiger partial charge in [-0.15, -0.1) is 0 Å². The van der Waals surface area contributed by atoms with Gasteiger partial charge in [-0.05, 0) is 23.8 Å². The Kier molecular flexibility index (Phi) is 7.79. The molecule has 164 valence electrons. The molecule has 2 aromatic rings. The van der Waals surface area contributed by atoms with Gasteiger partial charge in [0.1, 0.15) is 11.5 Å². The van der Waals surface area contributed by atoms with Gasteiger partial charge in [-0.2, -0.15) is 0 Å². The minimum Gasteiger partial charge on any atom is -0.383 e. The van der Waals surface area contributed by atoms with Gasteiger partial charge in [0.25, 0.3) is 11.8 Å². The minimum atomic E-state index is -0.481. The fourth-order valence-corrected chi connectivity index (χ4v) is 3.54. The molecule has 0 fully saturated rings. The summed E-state index contributed by atoms with van der Waals surface area (Å²) in [5.74, 6) is -1.43. The molecule has 1 aliphatic rings. The van der Waals surface area contributed by atoms with E-state index in [2.05, 4.69) is 0 Å². The van der Waals surface area contributed by atoms with Crippen LogP contribution in [-0.4, -0.2) is 62.1 Å². The number of methoxy groups -OCH3 is 2. The van der Waals surface area contributed by atoms with Crippen LogP contribution in [0.1, 0.15) is 11.1 Å². The van der Waals surface area contributed by atoms with Crippen LogP contribution in [0.3, 0.4) is 0 Å². The van der Waals surface area contributed by atoms with Crippen molar-refractivity contribution in [2.75, 3.05) is 40.5 Å². The number of carbonyl (C=O) groups excluding carboxylic acids is 2. The standard InChI is InChI=1S/C23H24ClFN2O4/c1-30-13-11-26(12-14-31-2)21-20(16-7-9-18(24)10-8-16)22(28)27(23(21)29)15-17-5-3-4-6-19(17)25/h3-10H,11-15H2,1-2H3. The van der Waals surface area contributed by atoms with Crippen molar-refractivity contribution in [2.45, 2.75) is 6.54 Å². The van der Waals surface area contributed by atoms with Crippen molar-refractivity contribution in [2.24, 2.45) is 0 Å². The van der Waals surface area contributed by atoms with Gasteiger partial charge in [-0.25, -0.2) is 4.39 Å². The molecule has 31 heavy (non-hydrogen) atoms. The van der Waals surface area contributed by atoms with E-state index in [-0.39, 0.29) is 23.4 Å². The van der Waals surface area contributed by atoms with Crippen molar-refractivity contribution < 1.29 is 23.5 Å². The smallest absolute Gasteiger partial charge is 0.278 e. The molecule has 0 N–H and O–H groups in total. The number of amides is 2. The first-order chi connectivity index (χ1) is 15.0. The third-order valence-corrected chi connectivity index (χ3v) is 5.26. The summed E-state index contributed by atoms with van der Waals surface area (Å²) in [5.41, 5.74) is 1.33. The number of carbonyl (C=O) groups is 2. The predicted molar refractivity (Wildman–Crippen MR) is 116 cm³/mol. The average molecular weight is 447 g/mol. The molecule has 2 aromatic carbocycles. The molecule has 0 aromatic heterocycles. The van der Waals surface area contributed by atoms with Crippen LogP contribution in [0.4, 0.5) is 4.39 Å². The summed E-state index contributed by atoms with van der Waals surface area (Å²) >= 11 is 6.01. The Bertz CT molecular complexity index is 970. The fourth-order valence-electron chi connectivity index (χ4n) is 3.41. The highest BCUT2D eigenvalue weighted by molar-refractivity contribution is 6.35. The number of imide groups is 1. The van der Waals surface area contributed by atoms with Crippen LogP contribution in [0.15, 0.2) is 54.2 Å². The van der Waals surface area contributed by atoms with Gasteiger partial charge >= 0.3 is 0 Å². The Morgan fingerprint density at radius 1 is 0.935 bits per heavy atom. The van der Waals surface area contributed by atoms with Crippen molar-refractivity contribution in [3.8, 4) is 0 Å². The molecule has 0 saturated heterocycles. The first kappa shape index (κ1) is 22.9. The molecule has 1 heterocycles. The third-order valence-electron chi connectivity index (χ3n) is 5.01. The SMILES string of the molecule is COCCN(CCOC)C1=C(c2ccc(Cl)cc2)C(=O)N(Cc2ccccc2F)C1=O. The molecule has 3 rings (SSSR count). The van der Waals surface area contributed by atoms with E-state index in [0.29, 0.717) is 36.9 Å². The molecular formula is C23H24ClFN2O4. The molecule has 6 nitrogen and oxygen atoms in total. The topological polar surface area (TPSA) is 59.1 Å². The van der Waals surface area contributed by atoms with Gasteiger partial charge in [0.15, 0.2) is 0 Å². The van der Waals surface area contributed by atoms with Gasteiger partial charge < -0.3 is 14.4 Å². The van der Waals surface area contributed by atoms with E-state index in [1.165, 1.54) is 6.07 Å². The molecule has 0 radical (unpaired) electrons. The number of halogens is 2. The van der Waals surface area contributed by atoms with Gasteiger partial charge in [0, 0.05) is 37.9 Å². The lowest BCUT2D eigenvalue weighted by Crippen LogP contribution is -2.37. The summed E-state index contributed by atoms with van der Waals surface area (Å²) in [4.78, 5) is 29.7. The maximum atomic E-state index is 14.2. The number of hydrogen-bond donors (Lipinski definition) is 0. The zero-order valence-corrected chi connectivity index (χ0v) is 18.2. The lowest BCUT2D eigenvalue weighted by molar-refractivity contribution is -0.138. The lowest BCUT2D eigenvalue weighted by atomic mass is 10.0. The van der Waals surface area contributed by atoms with Crippen LogP contribution in [-0.2, 0) is 25.6 Å². The molecule has 0 atom stereocenters. The van der Waals surface area contributed by atoms with Crippen LogP contribution in [0.2, 0.25) is 5.02 Å². The van der Waals surface area contributed by atoms with Crippen molar-refractivity contribution in [3.05, 3.63) is 76.2 Å². The van der Waals surface area contributed by atoms with Gasteiger partial charge in [0.2, 0.25) is 0 Å². The number of benzene rings is 2. The maximum absolute atomic E-state index is 14.2. The second kappa shape index (κ2) is 10.5. The van der Waals surface area contributed by atoms with E-state index in [1.807, 2.05) is 0 Å². The molecule has 0 bridgehead atoms. The van der Waals surface area contributed by atoms with Crippen LogP contribution in [0.25, 0.3) is 5.57 Å².